The van der Waals surface area contributed by atoms with Gasteiger partial charge in [0.1, 0.15) is 0 Å². The summed E-state index contributed by atoms with van der Waals surface area (Å²) >= 11 is 0. The lowest BCUT2D eigenvalue weighted by molar-refractivity contribution is 0.0799. The summed E-state index contributed by atoms with van der Waals surface area (Å²) in [5, 5.41) is 9.47. The van der Waals surface area contributed by atoms with Crippen LogP contribution in [-0.4, -0.2) is 15.7 Å². The zero-order valence-corrected chi connectivity index (χ0v) is 7.41. The van der Waals surface area contributed by atoms with E-state index in [4.69, 9.17) is 5.73 Å². The molecular weight excluding hydrogens is 152 g/mol. The Balaban J connectivity index is 2.71. The summed E-state index contributed by atoms with van der Waals surface area (Å²) in [5.74, 6) is 0. The van der Waals surface area contributed by atoms with Crippen LogP contribution >= 0.6 is 0 Å². The molecule has 0 spiro atoms. The average Bonchev–Trinajstić information content (AvgIpc) is 1.91. The van der Waals surface area contributed by atoms with Crippen molar-refractivity contribution < 1.29 is 5.11 Å². The van der Waals surface area contributed by atoms with E-state index in [1.165, 1.54) is 0 Å². The van der Waals surface area contributed by atoms with E-state index in [1.807, 2.05) is 6.07 Å². The largest absolute Gasteiger partial charge is 0.397 e. The zero-order valence-electron chi connectivity index (χ0n) is 7.41. The zero-order chi connectivity index (χ0) is 9.19. The van der Waals surface area contributed by atoms with Crippen LogP contribution in [0, 0.1) is 0 Å². The van der Waals surface area contributed by atoms with Gasteiger partial charge in [-0.1, -0.05) is 0 Å². The van der Waals surface area contributed by atoms with Gasteiger partial charge in [-0.15, -0.1) is 0 Å². The van der Waals surface area contributed by atoms with Crippen LogP contribution in [-0.2, 0) is 6.42 Å². The summed E-state index contributed by atoms with van der Waals surface area (Å²) in [4.78, 5) is 4.08. The van der Waals surface area contributed by atoms with E-state index in [-0.39, 0.29) is 0 Å². The normalized spacial score (nSPS) is 11.6. The smallest absolute Gasteiger partial charge is 0.0647 e. The van der Waals surface area contributed by atoms with E-state index in [9.17, 15) is 5.11 Å². The molecular formula is C9H14N2O. The van der Waals surface area contributed by atoms with Crippen LogP contribution in [0.2, 0.25) is 0 Å². The van der Waals surface area contributed by atoms with Crippen LogP contribution in [0.4, 0.5) is 5.69 Å². The van der Waals surface area contributed by atoms with Crippen LogP contribution < -0.4 is 5.73 Å². The summed E-state index contributed by atoms with van der Waals surface area (Å²) in [6.07, 6.45) is 2.15. The standard InChI is InChI=1S/C9H14N2O/c1-9(2,12)5-8-4-3-7(10)6-11-8/h3-4,6,12H,5,10H2,1-2H3. The maximum atomic E-state index is 9.47. The maximum absolute atomic E-state index is 9.47. The predicted molar refractivity (Wildman–Crippen MR) is 48.7 cm³/mol. The van der Waals surface area contributed by atoms with Gasteiger partial charge in [0.15, 0.2) is 0 Å². The number of anilines is 1. The van der Waals surface area contributed by atoms with E-state index in [1.54, 1.807) is 26.1 Å². The average molecular weight is 166 g/mol. The van der Waals surface area contributed by atoms with Crippen LogP contribution in [0.25, 0.3) is 0 Å². The number of nitrogen functional groups attached to an aromatic ring is 1. The van der Waals surface area contributed by atoms with Crippen LogP contribution in [0.5, 0.6) is 0 Å². The summed E-state index contributed by atoms with van der Waals surface area (Å²) in [5.41, 5.74) is 6.27. The lowest BCUT2D eigenvalue weighted by Gasteiger charge is -2.15. The van der Waals surface area contributed by atoms with Crippen molar-refractivity contribution in [3.05, 3.63) is 24.0 Å². The lowest BCUT2D eigenvalue weighted by atomic mass is 10.0. The molecule has 0 fully saturated rings. The van der Waals surface area contributed by atoms with E-state index < -0.39 is 5.60 Å². The summed E-state index contributed by atoms with van der Waals surface area (Å²) < 4.78 is 0. The minimum atomic E-state index is -0.705. The third-order valence-corrected chi connectivity index (χ3v) is 1.46. The Morgan fingerprint density at radius 3 is 2.58 bits per heavy atom. The van der Waals surface area contributed by atoms with Crippen molar-refractivity contribution in [3.8, 4) is 0 Å². The van der Waals surface area contributed by atoms with Crippen LogP contribution in [0.3, 0.4) is 0 Å². The lowest BCUT2D eigenvalue weighted by Crippen LogP contribution is -2.22. The number of aromatic nitrogens is 1. The van der Waals surface area contributed by atoms with Crippen molar-refractivity contribution in [1.82, 2.24) is 4.98 Å². The molecule has 0 atom stereocenters. The van der Waals surface area contributed by atoms with Gasteiger partial charge in [-0.3, -0.25) is 4.98 Å². The molecule has 0 aliphatic heterocycles. The molecule has 1 heterocycles. The Labute approximate surface area is 72.2 Å². The van der Waals surface area contributed by atoms with Crippen molar-refractivity contribution in [2.24, 2.45) is 0 Å². The van der Waals surface area contributed by atoms with E-state index in [0.29, 0.717) is 12.1 Å². The molecule has 3 N–H and O–H groups in total. The van der Waals surface area contributed by atoms with Crippen LogP contribution in [0.1, 0.15) is 19.5 Å². The first-order chi connectivity index (χ1) is 5.47. The number of aliphatic hydroxyl groups is 1. The van der Waals surface area contributed by atoms with E-state index >= 15 is 0 Å². The first kappa shape index (κ1) is 9.00. The highest BCUT2D eigenvalue weighted by molar-refractivity contribution is 5.34. The molecule has 1 aromatic rings. The predicted octanol–water partition coefficient (Wildman–Crippen LogP) is 0.977. The highest BCUT2D eigenvalue weighted by atomic mass is 16.3. The molecule has 0 bridgehead atoms. The fourth-order valence-electron chi connectivity index (χ4n) is 0.984. The SMILES string of the molecule is CC(C)(O)Cc1ccc(N)cn1. The van der Waals surface area contributed by atoms with Crippen molar-refractivity contribution >= 4 is 5.69 Å². The van der Waals surface area contributed by atoms with Gasteiger partial charge in [0.05, 0.1) is 17.5 Å². The molecule has 0 aromatic carbocycles. The van der Waals surface area contributed by atoms with Crippen LogP contribution in [0.15, 0.2) is 18.3 Å². The third kappa shape index (κ3) is 2.88. The molecule has 0 radical (unpaired) electrons. The van der Waals surface area contributed by atoms with Crippen molar-refractivity contribution in [1.29, 1.82) is 0 Å². The Kier molecular flexibility index (Phi) is 2.33. The molecule has 66 valence electrons. The molecule has 0 aliphatic rings. The van der Waals surface area contributed by atoms with Crippen molar-refractivity contribution in [2.45, 2.75) is 25.9 Å². The van der Waals surface area contributed by atoms with Gasteiger partial charge in [0.2, 0.25) is 0 Å². The molecule has 1 aromatic heterocycles. The number of hydrogen-bond acceptors (Lipinski definition) is 3. The number of nitrogens with two attached hydrogens (primary N) is 1. The summed E-state index contributed by atoms with van der Waals surface area (Å²) in [6.45, 7) is 3.51. The van der Waals surface area contributed by atoms with Gasteiger partial charge in [0, 0.05) is 12.1 Å². The Morgan fingerprint density at radius 2 is 2.17 bits per heavy atom. The fraction of sp³-hybridized carbons (Fsp3) is 0.444. The van der Waals surface area contributed by atoms with Gasteiger partial charge in [0.25, 0.3) is 0 Å². The Morgan fingerprint density at radius 1 is 1.50 bits per heavy atom. The summed E-state index contributed by atoms with van der Waals surface area (Å²) in [7, 11) is 0. The van der Waals surface area contributed by atoms with Gasteiger partial charge < -0.3 is 10.8 Å². The first-order valence-electron chi connectivity index (χ1n) is 3.90. The number of nitrogens with zero attached hydrogens (tertiary/aromatic N) is 1. The summed E-state index contributed by atoms with van der Waals surface area (Å²) in [6, 6.07) is 3.61. The molecule has 0 unspecified atom stereocenters. The minimum Gasteiger partial charge on any atom is -0.397 e. The Hall–Kier alpha value is -1.09. The fourth-order valence-corrected chi connectivity index (χ4v) is 0.984. The molecule has 0 saturated carbocycles. The molecule has 0 aliphatic carbocycles. The molecule has 1 rings (SSSR count). The minimum absolute atomic E-state index is 0.549. The first-order valence-corrected chi connectivity index (χ1v) is 3.90. The second kappa shape index (κ2) is 3.11. The second-order valence-corrected chi connectivity index (χ2v) is 3.57. The Bertz CT molecular complexity index is 248. The quantitative estimate of drug-likeness (QED) is 0.688. The third-order valence-electron chi connectivity index (χ3n) is 1.46. The highest BCUT2D eigenvalue weighted by Gasteiger charge is 2.13. The molecule has 0 amide bonds. The van der Waals surface area contributed by atoms with E-state index in [2.05, 4.69) is 4.98 Å². The molecule has 0 saturated heterocycles. The number of rotatable bonds is 2. The molecule has 3 nitrogen and oxygen atoms in total. The van der Waals surface area contributed by atoms with Gasteiger partial charge in [-0.25, -0.2) is 0 Å². The topological polar surface area (TPSA) is 59.1 Å². The van der Waals surface area contributed by atoms with Gasteiger partial charge in [-0.05, 0) is 26.0 Å². The number of hydrogen-bond donors (Lipinski definition) is 2. The molecule has 3 heteroatoms. The second-order valence-electron chi connectivity index (χ2n) is 3.57. The van der Waals surface area contributed by atoms with E-state index in [0.717, 1.165) is 5.69 Å². The van der Waals surface area contributed by atoms with Crippen molar-refractivity contribution in [2.75, 3.05) is 5.73 Å². The monoisotopic (exact) mass is 166 g/mol. The molecule has 12 heavy (non-hydrogen) atoms. The van der Waals surface area contributed by atoms with Crippen molar-refractivity contribution in [3.63, 3.8) is 0 Å². The maximum Gasteiger partial charge on any atom is 0.0647 e. The van der Waals surface area contributed by atoms with Gasteiger partial charge >= 0.3 is 0 Å². The highest BCUT2D eigenvalue weighted by Crippen LogP contribution is 2.10. The van der Waals surface area contributed by atoms with Gasteiger partial charge in [-0.2, -0.15) is 0 Å². The number of pyridine rings is 1.